The van der Waals surface area contributed by atoms with E-state index < -0.39 is 12.2 Å². The highest BCUT2D eigenvalue weighted by Gasteiger charge is 2.36. The fourth-order valence-corrected chi connectivity index (χ4v) is 1.83. The molecule has 12 heavy (non-hydrogen) atoms. The summed E-state index contributed by atoms with van der Waals surface area (Å²) in [5.74, 6) is 0. The van der Waals surface area contributed by atoms with Gasteiger partial charge in [-0.25, -0.2) is 0 Å². The highest BCUT2D eigenvalue weighted by molar-refractivity contribution is 7.99. The highest BCUT2D eigenvalue weighted by Crippen LogP contribution is 2.12. The number of thiocarbonyl (C=S) groups is 4. The van der Waals surface area contributed by atoms with Gasteiger partial charge in [0, 0.05) is 0 Å². The number of aliphatic hydroxyl groups excluding tert-OH is 2. The number of rotatable bonds is 0. The lowest BCUT2D eigenvalue weighted by Crippen LogP contribution is -2.52. The Morgan fingerprint density at radius 3 is 1.25 bits per heavy atom. The second kappa shape index (κ2) is 3.57. The third kappa shape index (κ3) is 1.50. The molecule has 0 aromatic heterocycles. The third-order valence-corrected chi connectivity index (χ3v) is 3.62. The summed E-state index contributed by atoms with van der Waals surface area (Å²) in [5, 5.41) is 18.6. The summed E-state index contributed by atoms with van der Waals surface area (Å²) in [5.41, 5.74) is 0. The lowest BCUT2D eigenvalue weighted by atomic mass is 9.94. The largest absolute Gasteiger partial charge is 0.384 e. The van der Waals surface area contributed by atoms with Crippen molar-refractivity contribution in [2.24, 2.45) is 0 Å². The van der Waals surface area contributed by atoms with Crippen molar-refractivity contribution >= 4 is 68.3 Å². The van der Waals surface area contributed by atoms with Gasteiger partial charge in [0.25, 0.3) is 0 Å². The summed E-state index contributed by atoms with van der Waals surface area (Å²) < 4.78 is 0. The first-order valence-electron chi connectivity index (χ1n) is 2.99. The molecule has 2 atom stereocenters. The highest BCUT2D eigenvalue weighted by atomic mass is 32.1. The zero-order chi connectivity index (χ0) is 9.46. The van der Waals surface area contributed by atoms with E-state index >= 15 is 0 Å². The molecule has 0 bridgehead atoms. The second-order valence-electron chi connectivity index (χ2n) is 2.28. The first-order valence-corrected chi connectivity index (χ1v) is 4.63. The van der Waals surface area contributed by atoms with Crippen molar-refractivity contribution in [3.05, 3.63) is 0 Å². The minimum atomic E-state index is -1.17. The van der Waals surface area contributed by atoms with E-state index in [0.717, 1.165) is 0 Å². The fraction of sp³-hybridized carbons (Fsp3) is 0.333. The molecule has 1 fully saturated rings. The van der Waals surface area contributed by atoms with Crippen molar-refractivity contribution < 1.29 is 10.2 Å². The minimum Gasteiger partial charge on any atom is -0.384 e. The van der Waals surface area contributed by atoms with E-state index in [1.807, 2.05) is 0 Å². The zero-order valence-electron chi connectivity index (χ0n) is 5.68. The van der Waals surface area contributed by atoms with Crippen molar-refractivity contribution in [2.45, 2.75) is 12.2 Å². The van der Waals surface area contributed by atoms with Crippen LogP contribution in [0.1, 0.15) is 0 Å². The molecule has 1 rings (SSSR count). The summed E-state index contributed by atoms with van der Waals surface area (Å²) in [6.45, 7) is 0. The van der Waals surface area contributed by atoms with Gasteiger partial charge in [0.15, 0.2) is 0 Å². The Bertz CT molecular complexity index is 266. The molecule has 1 aliphatic rings. The molecule has 64 valence electrons. The molecule has 0 heterocycles. The Kier molecular flexibility index (Phi) is 3.08. The van der Waals surface area contributed by atoms with Gasteiger partial charge in [-0.1, -0.05) is 48.9 Å². The summed E-state index contributed by atoms with van der Waals surface area (Å²) in [4.78, 5) is 0.637. The van der Waals surface area contributed by atoms with Crippen LogP contribution in [0.4, 0.5) is 0 Å². The van der Waals surface area contributed by atoms with E-state index in [9.17, 15) is 10.2 Å². The van der Waals surface area contributed by atoms with Crippen LogP contribution < -0.4 is 0 Å². The quantitative estimate of drug-likeness (QED) is 0.586. The van der Waals surface area contributed by atoms with Crippen LogP contribution in [-0.2, 0) is 0 Å². The van der Waals surface area contributed by atoms with E-state index in [-0.39, 0.29) is 19.5 Å². The number of aliphatic hydroxyl groups is 2. The zero-order valence-corrected chi connectivity index (χ0v) is 8.95. The van der Waals surface area contributed by atoms with Gasteiger partial charge in [0.05, 0.1) is 19.5 Å². The van der Waals surface area contributed by atoms with Crippen LogP contribution in [0.3, 0.4) is 0 Å². The Hall–Kier alpha value is 0.280. The molecule has 0 spiro atoms. The lowest BCUT2D eigenvalue weighted by molar-refractivity contribution is 0.111. The van der Waals surface area contributed by atoms with Crippen LogP contribution in [0.2, 0.25) is 0 Å². The third-order valence-electron chi connectivity index (χ3n) is 1.49. The van der Waals surface area contributed by atoms with Gasteiger partial charge in [-0.2, -0.15) is 0 Å². The van der Waals surface area contributed by atoms with Gasteiger partial charge in [-0.3, -0.25) is 0 Å². The SMILES string of the molecule is OC1C(=S)C(=S)C(=S)C(=S)C1O. The van der Waals surface area contributed by atoms with Crippen LogP contribution in [0.15, 0.2) is 0 Å². The van der Waals surface area contributed by atoms with Gasteiger partial charge < -0.3 is 10.2 Å². The van der Waals surface area contributed by atoms with E-state index in [0.29, 0.717) is 0 Å². The maximum atomic E-state index is 9.28. The molecule has 0 amide bonds. The normalized spacial score (nSPS) is 31.2. The minimum absolute atomic E-state index is 0.108. The number of hydrogen-bond donors (Lipinski definition) is 2. The molecule has 1 aliphatic carbocycles. The molecular formula is C6H4O2S4. The summed E-state index contributed by atoms with van der Waals surface area (Å²) in [7, 11) is 0. The van der Waals surface area contributed by atoms with Crippen LogP contribution >= 0.6 is 48.9 Å². The lowest BCUT2D eigenvalue weighted by Gasteiger charge is -2.26. The Morgan fingerprint density at radius 2 is 1.00 bits per heavy atom. The van der Waals surface area contributed by atoms with Gasteiger partial charge >= 0.3 is 0 Å². The molecule has 0 aromatic rings. The second-order valence-corrected chi connectivity index (χ2v) is 3.97. The van der Waals surface area contributed by atoms with E-state index in [4.69, 9.17) is 48.9 Å². The Balaban J connectivity index is 3.07. The summed E-state index contributed by atoms with van der Waals surface area (Å²) in [6, 6.07) is 0. The predicted octanol–water partition coefficient (Wildman–Crippen LogP) is 0.201. The van der Waals surface area contributed by atoms with Crippen LogP contribution in [0, 0.1) is 0 Å². The molecule has 0 aliphatic heterocycles. The van der Waals surface area contributed by atoms with E-state index in [1.165, 1.54) is 0 Å². The molecule has 0 radical (unpaired) electrons. The van der Waals surface area contributed by atoms with E-state index in [1.54, 1.807) is 0 Å². The van der Waals surface area contributed by atoms with Gasteiger partial charge in [-0.05, 0) is 0 Å². The summed E-state index contributed by atoms with van der Waals surface area (Å²) in [6.07, 6.45) is -2.35. The van der Waals surface area contributed by atoms with Crippen molar-refractivity contribution in [2.75, 3.05) is 0 Å². The van der Waals surface area contributed by atoms with Crippen molar-refractivity contribution in [1.29, 1.82) is 0 Å². The van der Waals surface area contributed by atoms with Crippen LogP contribution in [0.25, 0.3) is 0 Å². The predicted molar refractivity (Wildman–Crippen MR) is 62.4 cm³/mol. The molecule has 2 unspecified atom stereocenters. The van der Waals surface area contributed by atoms with Crippen LogP contribution in [0.5, 0.6) is 0 Å². The van der Waals surface area contributed by atoms with Crippen molar-refractivity contribution in [3.63, 3.8) is 0 Å². The average Bonchev–Trinajstić information content (AvgIpc) is 2.08. The average molecular weight is 236 g/mol. The van der Waals surface area contributed by atoms with E-state index in [2.05, 4.69) is 0 Å². The van der Waals surface area contributed by atoms with Crippen molar-refractivity contribution in [3.8, 4) is 0 Å². The fourth-order valence-electron chi connectivity index (χ4n) is 0.779. The van der Waals surface area contributed by atoms with Gasteiger partial charge in [0.1, 0.15) is 12.2 Å². The molecule has 1 saturated carbocycles. The molecule has 6 heteroatoms. The number of hydrogen-bond acceptors (Lipinski definition) is 6. The molecular weight excluding hydrogens is 232 g/mol. The smallest absolute Gasteiger partial charge is 0.121 e. The topological polar surface area (TPSA) is 40.5 Å². The monoisotopic (exact) mass is 236 g/mol. The first kappa shape index (κ1) is 10.4. The maximum Gasteiger partial charge on any atom is 0.121 e. The molecule has 0 saturated heterocycles. The van der Waals surface area contributed by atoms with Gasteiger partial charge in [0.2, 0.25) is 0 Å². The summed E-state index contributed by atoms with van der Waals surface area (Å²) >= 11 is 19.2. The molecule has 2 N–H and O–H groups in total. The molecule has 0 aromatic carbocycles. The standard InChI is InChI=1S/C6H4O2S4/c7-1-2(8)4(10)6(12)5(11)3(1)9/h1-2,7-8H. The Labute approximate surface area is 90.6 Å². The first-order chi connectivity index (χ1) is 5.46. The van der Waals surface area contributed by atoms with Crippen LogP contribution in [-0.4, -0.2) is 41.9 Å². The molecule has 2 nitrogen and oxygen atoms in total. The maximum absolute atomic E-state index is 9.28. The Morgan fingerprint density at radius 1 is 0.750 bits per heavy atom. The van der Waals surface area contributed by atoms with Crippen molar-refractivity contribution in [1.82, 2.24) is 0 Å². The van der Waals surface area contributed by atoms with Gasteiger partial charge in [-0.15, -0.1) is 0 Å².